The first-order valence-corrected chi connectivity index (χ1v) is 22.0. The van der Waals surface area contributed by atoms with E-state index in [0.717, 1.165) is 88.7 Å². The second kappa shape index (κ2) is 14.6. The van der Waals surface area contributed by atoms with Gasteiger partial charge in [0.1, 0.15) is 17.2 Å². The minimum atomic E-state index is -0.320. The first kappa shape index (κ1) is 40.1. The zero-order valence-electron chi connectivity index (χ0n) is 37.6. The van der Waals surface area contributed by atoms with E-state index in [-0.39, 0.29) is 22.0 Å². The highest BCUT2D eigenvalue weighted by Crippen LogP contribution is 2.46. The quantitative estimate of drug-likeness (QED) is 0.188. The molecule has 1 N–H and O–H groups in total. The standard InChI is InChI=1S/C58H53N3O2/c1-56(2,3)39-26-27-48(43(30-39)35-17-11-10-12-18-35)61-49-24-16-23-42(53(49)60-55(61)45-31-40(57(4,5)6)32-46(54(45)62)58(7,8)9)37-20-15-21-38(29-37)47-33-44-51(34-59-47)63-50-28-25-36-19-13-14-22-41(36)52(44)50/h10-34,62H,1-9H3. The number of aromatic nitrogens is 3. The zero-order valence-corrected chi connectivity index (χ0v) is 37.6. The molecule has 0 aliphatic rings. The van der Waals surface area contributed by atoms with Crippen molar-refractivity contribution in [2.75, 3.05) is 0 Å². The summed E-state index contributed by atoms with van der Waals surface area (Å²) >= 11 is 0. The molecule has 0 atom stereocenters. The van der Waals surface area contributed by atoms with Gasteiger partial charge in [0, 0.05) is 33.0 Å². The molecule has 0 saturated heterocycles. The average Bonchev–Trinajstić information content (AvgIpc) is 3.84. The lowest BCUT2D eigenvalue weighted by Gasteiger charge is -2.28. The fourth-order valence-electron chi connectivity index (χ4n) is 9.07. The molecule has 0 bridgehead atoms. The second-order valence-corrected chi connectivity index (χ2v) is 20.1. The molecule has 5 heteroatoms. The summed E-state index contributed by atoms with van der Waals surface area (Å²) in [5.74, 6) is 0.943. The number of phenolic OH excluding ortho intramolecular Hbond substituents is 1. The van der Waals surface area contributed by atoms with Crippen LogP contribution in [-0.4, -0.2) is 19.6 Å². The van der Waals surface area contributed by atoms with Crippen LogP contribution in [0.4, 0.5) is 0 Å². The molecular formula is C58H53N3O2. The van der Waals surface area contributed by atoms with Gasteiger partial charge in [0.2, 0.25) is 0 Å². The summed E-state index contributed by atoms with van der Waals surface area (Å²) in [6.45, 7) is 19.9. The number of nitrogens with zero attached hydrogens (tertiary/aromatic N) is 3. The highest BCUT2D eigenvalue weighted by molar-refractivity contribution is 6.19. The summed E-state index contributed by atoms with van der Waals surface area (Å²) in [7, 11) is 0. The summed E-state index contributed by atoms with van der Waals surface area (Å²) < 4.78 is 8.58. The lowest BCUT2D eigenvalue weighted by molar-refractivity contribution is 0.446. The Bertz CT molecular complexity index is 3400. The number of benzene rings is 7. The maximum atomic E-state index is 12.5. The van der Waals surface area contributed by atoms with Crippen LogP contribution in [0.25, 0.3) is 94.3 Å². The summed E-state index contributed by atoms with van der Waals surface area (Å²) in [6, 6.07) is 51.5. The van der Waals surface area contributed by atoms with Crippen LogP contribution >= 0.6 is 0 Å². The van der Waals surface area contributed by atoms with Gasteiger partial charge in [-0.1, -0.05) is 165 Å². The molecule has 63 heavy (non-hydrogen) atoms. The number of hydrogen-bond donors (Lipinski definition) is 1. The molecule has 10 rings (SSSR count). The Balaban J connectivity index is 1.23. The Morgan fingerprint density at radius 3 is 1.98 bits per heavy atom. The number of phenols is 1. The zero-order chi connectivity index (χ0) is 44.0. The van der Waals surface area contributed by atoms with Crippen molar-refractivity contribution >= 4 is 43.7 Å². The number of pyridine rings is 1. The van der Waals surface area contributed by atoms with Crippen molar-refractivity contribution in [1.82, 2.24) is 14.5 Å². The fraction of sp³-hybridized carbons (Fsp3) is 0.207. The molecule has 7 aromatic carbocycles. The summed E-state index contributed by atoms with van der Waals surface area (Å²) in [5, 5.41) is 16.9. The van der Waals surface area contributed by atoms with Gasteiger partial charge in [0.15, 0.2) is 5.58 Å². The lowest BCUT2D eigenvalue weighted by atomic mass is 9.79. The molecule has 0 spiro atoms. The molecule has 3 heterocycles. The molecular weight excluding hydrogens is 771 g/mol. The van der Waals surface area contributed by atoms with Crippen LogP contribution in [0, 0.1) is 0 Å². The highest BCUT2D eigenvalue weighted by Gasteiger charge is 2.30. The van der Waals surface area contributed by atoms with Gasteiger partial charge in [-0.25, -0.2) is 4.98 Å². The van der Waals surface area contributed by atoms with Crippen LogP contribution in [0.5, 0.6) is 5.75 Å². The van der Waals surface area contributed by atoms with Crippen LogP contribution in [0.3, 0.4) is 0 Å². The van der Waals surface area contributed by atoms with Gasteiger partial charge in [-0.2, -0.15) is 0 Å². The Morgan fingerprint density at radius 2 is 1.22 bits per heavy atom. The predicted octanol–water partition coefficient (Wildman–Crippen LogP) is 15.7. The first-order chi connectivity index (χ1) is 30.0. The minimum absolute atomic E-state index is 0.0705. The van der Waals surface area contributed by atoms with Crippen molar-refractivity contribution in [1.29, 1.82) is 0 Å². The number of rotatable bonds is 5. The van der Waals surface area contributed by atoms with Gasteiger partial charge in [0.25, 0.3) is 0 Å². The number of aromatic hydroxyl groups is 1. The van der Waals surface area contributed by atoms with Crippen LogP contribution in [0.2, 0.25) is 0 Å². The van der Waals surface area contributed by atoms with Crippen LogP contribution in [0.1, 0.15) is 79.0 Å². The second-order valence-electron chi connectivity index (χ2n) is 20.1. The average molecular weight is 824 g/mol. The molecule has 0 fully saturated rings. The van der Waals surface area contributed by atoms with E-state index < -0.39 is 0 Å². The number of para-hydroxylation sites is 1. The van der Waals surface area contributed by atoms with Crippen molar-refractivity contribution in [3.63, 3.8) is 0 Å². The maximum Gasteiger partial charge on any atom is 0.153 e. The smallest absolute Gasteiger partial charge is 0.153 e. The minimum Gasteiger partial charge on any atom is -0.507 e. The highest BCUT2D eigenvalue weighted by atomic mass is 16.3. The molecule has 3 aromatic heterocycles. The van der Waals surface area contributed by atoms with E-state index in [9.17, 15) is 5.11 Å². The maximum absolute atomic E-state index is 12.5. The van der Waals surface area contributed by atoms with Crippen LogP contribution in [0.15, 0.2) is 156 Å². The molecule has 0 unspecified atom stereocenters. The molecule has 0 aliphatic heterocycles. The predicted molar refractivity (Wildman–Crippen MR) is 263 cm³/mol. The van der Waals surface area contributed by atoms with E-state index in [1.165, 1.54) is 10.9 Å². The summed E-state index contributed by atoms with van der Waals surface area (Å²) in [4.78, 5) is 10.6. The van der Waals surface area contributed by atoms with Crippen molar-refractivity contribution in [3.8, 4) is 56.3 Å². The number of furan rings is 1. The monoisotopic (exact) mass is 823 g/mol. The third kappa shape index (κ3) is 6.96. The van der Waals surface area contributed by atoms with Gasteiger partial charge in [-0.15, -0.1) is 0 Å². The number of fused-ring (bicyclic) bond motifs is 6. The normalized spacial score (nSPS) is 12.6. The molecule has 0 aliphatic carbocycles. The SMILES string of the molecule is CC(C)(C)c1ccc(-n2c(-c3cc(C(C)(C)C)cc(C(C)(C)C)c3O)nc3c(-c4cccc(-c5cc6c(cn5)oc5ccc7ccccc7c56)c4)cccc32)c(-c2ccccc2)c1. The van der Waals surface area contributed by atoms with Crippen LogP contribution < -0.4 is 0 Å². The summed E-state index contributed by atoms with van der Waals surface area (Å²) in [5.41, 5.74) is 13.9. The van der Waals surface area contributed by atoms with E-state index in [1.54, 1.807) is 0 Å². The van der Waals surface area contributed by atoms with E-state index in [2.05, 4.69) is 212 Å². The molecule has 312 valence electrons. The third-order valence-corrected chi connectivity index (χ3v) is 12.6. The van der Waals surface area contributed by atoms with Crippen molar-refractivity contribution in [2.45, 2.75) is 78.6 Å². The van der Waals surface area contributed by atoms with E-state index in [1.807, 2.05) is 6.20 Å². The summed E-state index contributed by atoms with van der Waals surface area (Å²) in [6.07, 6.45) is 1.85. The van der Waals surface area contributed by atoms with E-state index in [0.29, 0.717) is 11.4 Å². The van der Waals surface area contributed by atoms with Gasteiger partial charge in [-0.3, -0.25) is 9.55 Å². The largest absolute Gasteiger partial charge is 0.507 e. The molecule has 0 radical (unpaired) electrons. The van der Waals surface area contributed by atoms with Crippen LogP contribution in [-0.2, 0) is 16.2 Å². The van der Waals surface area contributed by atoms with Crippen molar-refractivity contribution in [2.24, 2.45) is 0 Å². The molecule has 0 saturated carbocycles. The third-order valence-electron chi connectivity index (χ3n) is 12.6. The molecule has 5 nitrogen and oxygen atoms in total. The topological polar surface area (TPSA) is 64.1 Å². The van der Waals surface area contributed by atoms with Gasteiger partial charge < -0.3 is 9.52 Å². The molecule has 10 aromatic rings. The Labute approximate surface area is 369 Å². The first-order valence-electron chi connectivity index (χ1n) is 22.0. The fourth-order valence-corrected chi connectivity index (χ4v) is 9.07. The number of imidazole rings is 1. The molecule has 0 amide bonds. The van der Waals surface area contributed by atoms with E-state index in [4.69, 9.17) is 14.4 Å². The Morgan fingerprint density at radius 1 is 0.524 bits per heavy atom. The van der Waals surface area contributed by atoms with Crippen molar-refractivity contribution in [3.05, 3.63) is 168 Å². The van der Waals surface area contributed by atoms with E-state index >= 15 is 0 Å². The van der Waals surface area contributed by atoms with Gasteiger partial charge >= 0.3 is 0 Å². The van der Waals surface area contributed by atoms with Crippen molar-refractivity contribution < 1.29 is 9.52 Å². The number of hydrogen-bond acceptors (Lipinski definition) is 4. The Kier molecular flexibility index (Phi) is 9.27. The van der Waals surface area contributed by atoms with Gasteiger partial charge in [0.05, 0.1) is 34.2 Å². The lowest BCUT2D eigenvalue weighted by Crippen LogP contribution is -2.17. The Hall–Kier alpha value is -6.98. The van der Waals surface area contributed by atoms with Gasteiger partial charge in [-0.05, 0) is 91.7 Å².